The third-order valence-electron chi connectivity index (χ3n) is 9.08. The minimum absolute atomic E-state index is 0. The van der Waals surface area contributed by atoms with Gasteiger partial charge in [0.2, 0.25) is 29.5 Å². The number of imidazole rings is 1. The minimum Gasteiger partial charge on any atom is -0.497 e. The van der Waals surface area contributed by atoms with Crippen LogP contribution in [0.15, 0.2) is 29.1 Å². The number of anilines is 1. The number of thioether (sulfide) groups is 1. The topological polar surface area (TPSA) is 327 Å². The van der Waals surface area contributed by atoms with E-state index in [-0.39, 0.29) is 123 Å². The number of fused-ring (bicyclic) bond motifs is 1. The van der Waals surface area contributed by atoms with Crippen molar-refractivity contribution in [3.63, 3.8) is 0 Å². The van der Waals surface area contributed by atoms with Gasteiger partial charge in [0.1, 0.15) is 24.1 Å². The minimum atomic E-state index is -1.28. The SMILES string of the molecule is [CH2-]COc1nc(N)c2[nH]c(=O)n(Cc3ccc(CNC(=O)CCC(=O)N4CCN(C(=O)CCSCC(NC(=O)CCC(N)C(=O)O)C(=O)NCC(=O)O)CC4)cc3)c2n1.[CH3-].[Mn+2]. The van der Waals surface area contributed by atoms with Gasteiger partial charge >= 0.3 is 40.7 Å². The van der Waals surface area contributed by atoms with Crippen LogP contribution in [-0.2, 0) is 63.7 Å². The van der Waals surface area contributed by atoms with Crippen molar-refractivity contribution in [1.82, 2.24) is 45.3 Å². The van der Waals surface area contributed by atoms with Gasteiger partial charge in [-0.15, -0.1) is 0 Å². The van der Waals surface area contributed by atoms with Gasteiger partial charge < -0.3 is 71.5 Å². The van der Waals surface area contributed by atoms with Gasteiger partial charge in [-0.2, -0.15) is 21.7 Å². The maximum Gasteiger partial charge on any atom is 2.00 e. The average Bonchev–Trinajstić information content (AvgIpc) is 3.53. The number of hydrogen-bond donors (Lipinski definition) is 8. The van der Waals surface area contributed by atoms with E-state index in [2.05, 4.69) is 37.8 Å². The van der Waals surface area contributed by atoms with E-state index in [1.165, 1.54) is 16.3 Å². The predicted octanol–water partition coefficient (Wildman–Crippen LogP) is -1.52. The third-order valence-corrected chi connectivity index (χ3v) is 10.1. The molecule has 0 bridgehead atoms. The Morgan fingerprint density at radius 2 is 1.52 bits per heavy atom. The first-order chi connectivity index (χ1) is 28.1. The summed E-state index contributed by atoms with van der Waals surface area (Å²) < 4.78 is 6.66. The molecule has 1 aliphatic heterocycles. The van der Waals surface area contributed by atoms with Crippen LogP contribution in [0.3, 0.4) is 0 Å². The summed E-state index contributed by atoms with van der Waals surface area (Å²) in [5.41, 5.74) is 13.1. The number of nitrogens with two attached hydrogens (primary N) is 2. The number of carboxylic acid groups (broad SMARTS) is 2. The standard InChI is InChI=1S/C36H48N11O11S.CH3.Mn/c1-2-58-35-43-31(38)30-32(44-35)47(36(57)42-30)19-22-5-3-21(4-6-22)17-39-25(48)9-10-27(50)45-12-14-46(15-13-45)28(51)11-16-59-20-24(33(54)40-18-29(52)53)41-26(49)8-7-23(37)34(55)56;;/h3-6,23-24H,1-2,7-20,37H2,(H,39,48)(H,40,54)(H,41,49)(H,42,57)(H,52,53)(H,55,56)(H2,38,43,44);1H3;/q2*-1;+2. The van der Waals surface area contributed by atoms with Gasteiger partial charge in [0.25, 0.3) is 0 Å². The maximum absolute atomic E-state index is 12.9. The molecule has 24 heteroatoms. The van der Waals surface area contributed by atoms with E-state index in [1.807, 2.05) is 24.3 Å². The molecule has 0 spiro atoms. The van der Waals surface area contributed by atoms with Gasteiger partial charge in [-0.1, -0.05) is 24.3 Å². The second-order valence-corrected chi connectivity index (χ2v) is 14.5. The van der Waals surface area contributed by atoms with E-state index >= 15 is 0 Å². The zero-order valence-corrected chi connectivity index (χ0v) is 35.5. The summed E-state index contributed by atoms with van der Waals surface area (Å²) in [5.74, 6) is -4.25. The van der Waals surface area contributed by atoms with Gasteiger partial charge in [-0.05, 0) is 24.2 Å². The van der Waals surface area contributed by atoms with Gasteiger partial charge in [0.15, 0.2) is 11.5 Å². The molecule has 333 valence electrons. The number of amides is 5. The number of ether oxygens (including phenoxy) is 1. The fourth-order valence-electron chi connectivity index (χ4n) is 5.82. The summed E-state index contributed by atoms with van der Waals surface area (Å²) in [6.07, 6.45) is -0.345. The number of carbonyl (C=O) groups is 7. The molecule has 22 nitrogen and oxygen atoms in total. The number of carboxylic acids is 2. The van der Waals surface area contributed by atoms with Crippen LogP contribution in [0.2, 0.25) is 0 Å². The molecular weight excluding hydrogens is 861 g/mol. The first-order valence-corrected chi connectivity index (χ1v) is 19.7. The molecule has 2 aromatic heterocycles. The monoisotopic (exact) mass is 912 g/mol. The third kappa shape index (κ3) is 16.0. The van der Waals surface area contributed by atoms with Crippen LogP contribution < -0.4 is 37.8 Å². The molecular formula is C37H51MnN11O11S. The normalized spacial score (nSPS) is 13.2. The Morgan fingerprint density at radius 1 is 0.902 bits per heavy atom. The molecule has 5 amide bonds. The summed E-state index contributed by atoms with van der Waals surface area (Å²) in [4.78, 5) is 112. The summed E-state index contributed by atoms with van der Waals surface area (Å²) in [5, 5.41) is 25.2. The Balaban J connectivity index is 0.00000641. The second kappa shape index (κ2) is 25.2. The average molecular weight is 913 g/mol. The van der Waals surface area contributed by atoms with Crippen molar-refractivity contribution in [1.29, 1.82) is 0 Å². The molecule has 1 radical (unpaired) electrons. The smallest absolute Gasteiger partial charge is 0.497 e. The Kier molecular flexibility index (Phi) is 21.2. The molecule has 3 heterocycles. The van der Waals surface area contributed by atoms with Crippen molar-refractivity contribution in [3.8, 4) is 6.01 Å². The number of benzene rings is 1. The van der Waals surface area contributed by atoms with E-state index in [4.69, 9.17) is 26.4 Å². The fraction of sp³-hybridized carbons (Fsp3) is 0.459. The molecule has 2 atom stereocenters. The van der Waals surface area contributed by atoms with Crippen LogP contribution in [0.4, 0.5) is 5.82 Å². The van der Waals surface area contributed by atoms with Crippen LogP contribution in [-0.4, -0.2) is 144 Å². The number of aromatic nitrogens is 4. The largest absolute Gasteiger partial charge is 2.00 e. The van der Waals surface area contributed by atoms with E-state index in [1.54, 1.807) is 9.80 Å². The van der Waals surface area contributed by atoms with Gasteiger partial charge in [-0.25, -0.2) is 4.79 Å². The summed E-state index contributed by atoms with van der Waals surface area (Å²) >= 11 is 1.19. The van der Waals surface area contributed by atoms with E-state index < -0.39 is 48.1 Å². The Labute approximate surface area is 365 Å². The van der Waals surface area contributed by atoms with Crippen molar-refractivity contribution in [2.75, 3.05) is 56.6 Å². The van der Waals surface area contributed by atoms with Gasteiger partial charge in [0.05, 0.1) is 6.54 Å². The molecule has 1 fully saturated rings. The van der Waals surface area contributed by atoms with Crippen LogP contribution >= 0.6 is 11.8 Å². The molecule has 2 unspecified atom stereocenters. The Hall–Kier alpha value is -5.71. The molecule has 10 N–H and O–H groups in total. The number of H-pyrrole nitrogens is 1. The molecule has 0 aliphatic carbocycles. The maximum atomic E-state index is 12.9. The number of carbonyl (C=O) groups excluding carboxylic acids is 5. The molecule has 1 aromatic carbocycles. The van der Waals surface area contributed by atoms with Crippen molar-refractivity contribution < 1.29 is 65.6 Å². The predicted molar refractivity (Wildman–Crippen MR) is 219 cm³/mol. The first kappa shape index (κ1) is 51.4. The van der Waals surface area contributed by atoms with Crippen LogP contribution in [0.5, 0.6) is 6.01 Å². The van der Waals surface area contributed by atoms with Crippen LogP contribution in [0, 0.1) is 14.4 Å². The molecule has 3 aromatic rings. The number of aromatic amines is 1. The number of hydrogen-bond acceptors (Lipinski definition) is 14. The van der Waals surface area contributed by atoms with E-state index in [0.29, 0.717) is 31.7 Å². The Bertz CT molecular complexity index is 2060. The number of nitrogen functional groups attached to an aromatic ring is 1. The van der Waals surface area contributed by atoms with Crippen molar-refractivity contribution in [2.45, 2.75) is 57.3 Å². The molecule has 61 heavy (non-hydrogen) atoms. The first-order valence-electron chi connectivity index (χ1n) is 18.6. The number of nitrogens with one attached hydrogen (secondary N) is 4. The molecule has 4 rings (SSSR count). The zero-order valence-electron chi connectivity index (χ0n) is 33.5. The quantitative estimate of drug-likeness (QED) is 0.0322. The number of rotatable bonds is 22. The van der Waals surface area contributed by atoms with Crippen molar-refractivity contribution >= 4 is 70.2 Å². The molecule has 0 saturated carbocycles. The Morgan fingerprint density at radius 3 is 2.13 bits per heavy atom. The fourth-order valence-corrected chi connectivity index (χ4v) is 6.77. The summed E-state index contributed by atoms with van der Waals surface area (Å²) in [6, 6.07) is 4.87. The van der Waals surface area contributed by atoms with Crippen LogP contribution in [0.1, 0.15) is 43.2 Å². The zero-order chi connectivity index (χ0) is 43.1. The number of piperazine rings is 1. The van der Waals surface area contributed by atoms with E-state index in [9.17, 15) is 38.4 Å². The second-order valence-electron chi connectivity index (χ2n) is 13.3. The van der Waals surface area contributed by atoms with Crippen molar-refractivity contribution in [2.24, 2.45) is 5.73 Å². The van der Waals surface area contributed by atoms with E-state index in [0.717, 1.165) is 11.1 Å². The van der Waals surface area contributed by atoms with Crippen LogP contribution in [0.25, 0.3) is 11.2 Å². The van der Waals surface area contributed by atoms with Gasteiger partial charge in [-0.3, -0.25) is 38.1 Å². The number of aliphatic carboxylic acids is 2. The summed E-state index contributed by atoms with van der Waals surface area (Å²) in [6.45, 7) is 4.62. The molecule has 1 aliphatic rings. The van der Waals surface area contributed by atoms with Gasteiger partial charge in [0, 0.05) is 69.9 Å². The molecule has 1 saturated heterocycles. The number of nitrogens with zero attached hydrogens (tertiary/aromatic N) is 5. The summed E-state index contributed by atoms with van der Waals surface area (Å²) in [7, 11) is 0. The van der Waals surface area contributed by atoms with Crippen molar-refractivity contribution in [3.05, 3.63) is 60.2 Å².